The van der Waals surface area contributed by atoms with E-state index in [1.165, 1.54) is 0 Å². The fraction of sp³-hybridized carbons (Fsp3) is 0.818. The molecule has 1 aliphatic carbocycles. The summed E-state index contributed by atoms with van der Waals surface area (Å²) < 4.78 is 0. The van der Waals surface area contributed by atoms with E-state index < -0.39 is 0 Å². The Bertz CT molecular complexity index is 244. The molecule has 0 amide bonds. The lowest BCUT2D eigenvalue weighted by Crippen LogP contribution is -2.40. The van der Waals surface area contributed by atoms with E-state index in [0.29, 0.717) is 5.78 Å². The Labute approximate surface area is 85.7 Å². The molecule has 0 radical (unpaired) electrons. The van der Waals surface area contributed by atoms with E-state index in [1.807, 2.05) is 6.92 Å². The Balaban J connectivity index is 2.53. The molecule has 0 aromatic heterocycles. The molecule has 0 spiro atoms. The first kappa shape index (κ1) is 11.2. The molecular formula is C11H18N2O. The van der Waals surface area contributed by atoms with Crippen LogP contribution in [0.1, 0.15) is 33.1 Å². The molecule has 0 N–H and O–H groups in total. The standard InChI is InChI=1S/C11H18N2O/c1-3-13(8-9(2)7-12)10-5-4-6-11(10)14/h9-10H,3-6,8H2,1-2H3. The first-order chi connectivity index (χ1) is 6.69. The van der Waals surface area contributed by atoms with Gasteiger partial charge in [-0.2, -0.15) is 5.26 Å². The smallest absolute Gasteiger partial charge is 0.149 e. The van der Waals surface area contributed by atoms with E-state index in [1.54, 1.807) is 0 Å². The normalized spacial score (nSPS) is 23.9. The molecule has 0 aromatic rings. The highest BCUT2D eigenvalue weighted by Gasteiger charge is 2.29. The molecule has 14 heavy (non-hydrogen) atoms. The number of carbonyl (C=O) groups excluding carboxylic acids is 1. The first-order valence-electron chi connectivity index (χ1n) is 5.35. The monoisotopic (exact) mass is 194 g/mol. The van der Waals surface area contributed by atoms with Crippen LogP contribution in [0, 0.1) is 17.2 Å². The van der Waals surface area contributed by atoms with Crippen LogP contribution in [0.25, 0.3) is 0 Å². The number of carbonyl (C=O) groups is 1. The summed E-state index contributed by atoms with van der Waals surface area (Å²) in [6.07, 6.45) is 2.72. The van der Waals surface area contributed by atoms with Gasteiger partial charge < -0.3 is 0 Å². The van der Waals surface area contributed by atoms with Crippen molar-refractivity contribution >= 4 is 5.78 Å². The van der Waals surface area contributed by atoms with Crippen LogP contribution in [0.2, 0.25) is 0 Å². The van der Waals surface area contributed by atoms with E-state index in [4.69, 9.17) is 5.26 Å². The first-order valence-corrected chi connectivity index (χ1v) is 5.35. The lowest BCUT2D eigenvalue weighted by molar-refractivity contribution is -0.122. The molecule has 1 rings (SSSR count). The molecule has 0 aromatic carbocycles. The lowest BCUT2D eigenvalue weighted by atomic mass is 10.1. The topological polar surface area (TPSA) is 44.1 Å². The van der Waals surface area contributed by atoms with Crippen LogP contribution in [0.5, 0.6) is 0 Å². The van der Waals surface area contributed by atoms with Gasteiger partial charge in [-0.25, -0.2) is 0 Å². The van der Waals surface area contributed by atoms with Crippen molar-refractivity contribution in [2.75, 3.05) is 13.1 Å². The van der Waals surface area contributed by atoms with Gasteiger partial charge in [0.1, 0.15) is 5.78 Å². The summed E-state index contributed by atoms with van der Waals surface area (Å²) in [5, 5.41) is 8.73. The van der Waals surface area contributed by atoms with Gasteiger partial charge in [-0.1, -0.05) is 6.92 Å². The predicted molar refractivity (Wildman–Crippen MR) is 54.7 cm³/mol. The van der Waals surface area contributed by atoms with Gasteiger partial charge >= 0.3 is 0 Å². The summed E-state index contributed by atoms with van der Waals surface area (Å²) in [5.74, 6) is 0.375. The summed E-state index contributed by atoms with van der Waals surface area (Å²) in [4.78, 5) is 13.7. The summed E-state index contributed by atoms with van der Waals surface area (Å²) >= 11 is 0. The van der Waals surface area contributed by atoms with Gasteiger partial charge in [0.15, 0.2) is 0 Å². The molecule has 3 heteroatoms. The third-order valence-corrected chi connectivity index (χ3v) is 2.85. The van der Waals surface area contributed by atoms with Crippen LogP contribution in [0.4, 0.5) is 0 Å². The number of nitrogens with zero attached hydrogens (tertiary/aromatic N) is 2. The number of Topliss-reactive ketones (excluding diaryl/α,β-unsaturated/α-hetero) is 1. The molecule has 2 atom stereocenters. The third-order valence-electron chi connectivity index (χ3n) is 2.85. The van der Waals surface area contributed by atoms with E-state index in [-0.39, 0.29) is 12.0 Å². The minimum absolute atomic E-state index is 0.0170. The van der Waals surface area contributed by atoms with E-state index >= 15 is 0 Å². The number of hydrogen-bond acceptors (Lipinski definition) is 3. The van der Waals surface area contributed by atoms with Crippen LogP contribution in [-0.4, -0.2) is 29.8 Å². The van der Waals surface area contributed by atoms with Gasteiger partial charge in [-0.05, 0) is 26.3 Å². The van der Waals surface area contributed by atoms with Crippen LogP contribution < -0.4 is 0 Å². The van der Waals surface area contributed by atoms with Crippen molar-refractivity contribution in [3.8, 4) is 6.07 Å². The highest BCUT2D eigenvalue weighted by Crippen LogP contribution is 2.20. The van der Waals surface area contributed by atoms with Crippen molar-refractivity contribution in [1.82, 2.24) is 4.90 Å². The average molecular weight is 194 g/mol. The maximum atomic E-state index is 11.5. The summed E-state index contributed by atoms with van der Waals surface area (Å²) in [6.45, 7) is 5.55. The molecule has 1 fully saturated rings. The minimum atomic E-state index is 0.0170. The van der Waals surface area contributed by atoms with Crippen molar-refractivity contribution in [1.29, 1.82) is 5.26 Å². The molecule has 2 unspecified atom stereocenters. The SMILES string of the molecule is CCN(CC(C)C#N)C1CCCC1=O. The second-order valence-corrected chi connectivity index (χ2v) is 3.99. The molecule has 1 saturated carbocycles. The van der Waals surface area contributed by atoms with Gasteiger partial charge in [0.2, 0.25) is 0 Å². The van der Waals surface area contributed by atoms with Gasteiger partial charge in [0.25, 0.3) is 0 Å². The zero-order valence-corrected chi connectivity index (χ0v) is 8.99. The molecule has 0 bridgehead atoms. The molecule has 0 saturated heterocycles. The summed E-state index contributed by atoms with van der Waals surface area (Å²) in [6, 6.07) is 2.31. The van der Waals surface area contributed by atoms with Crippen LogP contribution >= 0.6 is 0 Å². The quantitative estimate of drug-likeness (QED) is 0.682. The minimum Gasteiger partial charge on any atom is -0.298 e. The van der Waals surface area contributed by atoms with Crippen LogP contribution in [0.15, 0.2) is 0 Å². The van der Waals surface area contributed by atoms with Gasteiger partial charge in [-0.3, -0.25) is 9.69 Å². The number of hydrogen-bond donors (Lipinski definition) is 0. The Kier molecular flexibility index (Phi) is 4.09. The van der Waals surface area contributed by atoms with Crippen molar-refractivity contribution in [3.63, 3.8) is 0 Å². The molecule has 3 nitrogen and oxygen atoms in total. The molecule has 78 valence electrons. The summed E-state index contributed by atoms with van der Waals surface area (Å²) in [5.41, 5.74) is 0. The Morgan fingerprint density at radius 2 is 2.43 bits per heavy atom. The van der Waals surface area contributed by atoms with E-state index in [2.05, 4.69) is 17.9 Å². The third kappa shape index (κ3) is 2.55. The number of ketones is 1. The van der Waals surface area contributed by atoms with Crippen molar-refractivity contribution in [2.45, 2.75) is 39.2 Å². The second-order valence-electron chi connectivity index (χ2n) is 3.99. The molecule has 1 aliphatic rings. The number of nitriles is 1. The van der Waals surface area contributed by atoms with Gasteiger partial charge in [0.05, 0.1) is 18.0 Å². The van der Waals surface area contributed by atoms with Crippen molar-refractivity contribution < 1.29 is 4.79 Å². The average Bonchev–Trinajstić information content (AvgIpc) is 2.60. The Morgan fingerprint density at radius 3 is 2.86 bits per heavy atom. The van der Waals surface area contributed by atoms with E-state index in [9.17, 15) is 4.79 Å². The lowest BCUT2D eigenvalue weighted by Gasteiger charge is -2.26. The summed E-state index contributed by atoms with van der Waals surface area (Å²) in [7, 11) is 0. The van der Waals surface area contributed by atoms with Crippen molar-refractivity contribution in [2.24, 2.45) is 5.92 Å². The largest absolute Gasteiger partial charge is 0.298 e. The number of likely N-dealkylation sites (N-methyl/N-ethyl adjacent to an activating group) is 1. The maximum Gasteiger partial charge on any atom is 0.149 e. The van der Waals surface area contributed by atoms with Crippen LogP contribution in [0.3, 0.4) is 0 Å². The Hall–Kier alpha value is -0.880. The van der Waals surface area contributed by atoms with Crippen molar-refractivity contribution in [3.05, 3.63) is 0 Å². The zero-order chi connectivity index (χ0) is 10.6. The van der Waals surface area contributed by atoms with E-state index in [0.717, 1.165) is 32.4 Å². The van der Waals surface area contributed by atoms with Gasteiger partial charge in [0, 0.05) is 13.0 Å². The molecular weight excluding hydrogens is 176 g/mol. The fourth-order valence-corrected chi connectivity index (χ4v) is 2.05. The molecule has 0 aliphatic heterocycles. The number of rotatable bonds is 4. The van der Waals surface area contributed by atoms with Gasteiger partial charge in [-0.15, -0.1) is 0 Å². The Morgan fingerprint density at radius 1 is 1.71 bits per heavy atom. The predicted octanol–water partition coefficient (Wildman–Crippen LogP) is 1.59. The zero-order valence-electron chi connectivity index (χ0n) is 8.99. The maximum absolute atomic E-state index is 11.5. The van der Waals surface area contributed by atoms with Crippen LogP contribution in [-0.2, 0) is 4.79 Å². The molecule has 0 heterocycles. The highest BCUT2D eigenvalue weighted by molar-refractivity contribution is 5.85. The fourth-order valence-electron chi connectivity index (χ4n) is 2.05. The highest BCUT2D eigenvalue weighted by atomic mass is 16.1. The second kappa shape index (κ2) is 5.11.